The zero-order valence-electron chi connectivity index (χ0n) is 13.7. The van der Waals surface area contributed by atoms with E-state index < -0.39 is 0 Å². The number of amides is 2. The Balaban J connectivity index is 1.48. The number of imide groups is 1. The fourth-order valence-electron chi connectivity index (χ4n) is 3.25. The molecule has 1 N–H and O–H groups in total. The number of nitrogens with zero attached hydrogens (tertiary/aromatic N) is 1. The van der Waals surface area contributed by atoms with Crippen molar-refractivity contribution in [1.29, 1.82) is 0 Å². The van der Waals surface area contributed by atoms with Gasteiger partial charge in [0.15, 0.2) is 6.67 Å². The first-order chi connectivity index (χ1) is 11.6. The number of nitrogens with one attached hydrogen (secondary N) is 1. The Morgan fingerprint density at radius 1 is 1.12 bits per heavy atom. The minimum atomic E-state index is -0.152. The molecule has 128 valence electrons. The molecule has 1 fully saturated rings. The van der Waals surface area contributed by atoms with E-state index in [-0.39, 0.29) is 23.7 Å². The fourth-order valence-corrected chi connectivity index (χ4v) is 3.37. The van der Waals surface area contributed by atoms with E-state index in [0.717, 1.165) is 10.6 Å². The number of fused-ring (bicyclic) bond motifs is 1. The maximum absolute atomic E-state index is 12.4. The van der Waals surface area contributed by atoms with Crippen LogP contribution in [0.4, 0.5) is 0 Å². The second-order valence-electron chi connectivity index (χ2n) is 6.43. The lowest BCUT2D eigenvalue weighted by molar-refractivity contribution is -0.887. The maximum atomic E-state index is 12.4. The van der Waals surface area contributed by atoms with Gasteiger partial charge in [-0.3, -0.25) is 9.59 Å². The first-order valence-corrected chi connectivity index (χ1v) is 8.64. The van der Waals surface area contributed by atoms with Crippen LogP contribution in [0.5, 0.6) is 5.75 Å². The largest absolute Gasteiger partial charge is 0.488 e. The van der Waals surface area contributed by atoms with E-state index in [1.165, 1.54) is 4.90 Å². The van der Waals surface area contributed by atoms with Crippen LogP contribution in [0.2, 0.25) is 5.02 Å². The predicted octanol–water partition coefficient (Wildman–Crippen LogP) is 1.14. The number of quaternary nitrogens is 1. The molecule has 1 aliphatic carbocycles. The van der Waals surface area contributed by atoms with Crippen molar-refractivity contribution in [1.82, 2.24) is 4.90 Å². The Labute approximate surface area is 146 Å². The predicted molar refractivity (Wildman–Crippen MR) is 90.8 cm³/mol. The molecule has 24 heavy (non-hydrogen) atoms. The normalized spacial score (nSPS) is 24.2. The van der Waals surface area contributed by atoms with Crippen LogP contribution in [-0.2, 0) is 9.59 Å². The number of hydrogen-bond donors (Lipinski definition) is 1. The highest BCUT2D eigenvalue weighted by Crippen LogP contribution is 2.34. The van der Waals surface area contributed by atoms with Crippen LogP contribution in [-0.4, -0.2) is 43.6 Å². The topological polar surface area (TPSA) is 51.1 Å². The maximum Gasteiger partial charge on any atom is 0.237 e. The Bertz CT molecular complexity index is 618. The summed E-state index contributed by atoms with van der Waals surface area (Å²) in [6, 6.07) is 7.21. The molecule has 1 unspecified atom stereocenters. The number of ether oxygens (including phenoxy) is 1. The zero-order valence-corrected chi connectivity index (χ0v) is 14.5. The van der Waals surface area contributed by atoms with Crippen LogP contribution >= 0.6 is 11.6 Å². The van der Waals surface area contributed by atoms with Crippen LogP contribution in [0.3, 0.4) is 0 Å². The summed E-state index contributed by atoms with van der Waals surface area (Å²) in [4.78, 5) is 27.4. The average molecular weight is 350 g/mol. The summed E-state index contributed by atoms with van der Waals surface area (Å²) in [7, 11) is 1.96. The molecule has 0 aromatic heterocycles. The first-order valence-electron chi connectivity index (χ1n) is 8.26. The third kappa shape index (κ3) is 3.62. The average Bonchev–Trinajstić information content (AvgIpc) is 2.82. The minimum Gasteiger partial charge on any atom is -0.488 e. The number of carbonyl (C=O) groups excluding carboxylic acids is 2. The van der Waals surface area contributed by atoms with E-state index in [1.54, 1.807) is 12.1 Å². The highest BCUT2D eigenvalue weighted by Gasteiger charge is 2.48. The Morgan fingerprint density at radius 3 is 2.29 bits per heavy atom. The van der Waals surface area contributed by atoms with Gasteiger partial charge in [-0.1, -0.05) is 23.8 Å². The zero-order chi connectivity index (χ0) is 17.1. The Morgan fingerprint density at radius 2 is 1.71 bits per heavy atom. The monoisotopic (exact) mass is 349 g/mol. The second kappa shape index (κ2) is 7.36. The molecule has 0 bridgehead atoms. The molecular formula is C18H22ClN2O3+. The van der Waals surface area contributed by atoms with Crippen molar-refractivity contribution in [2.45, 2.75) is 12.8 Å². The Hall–Kier alpha value is -1.85. The second-order valence-corrected chi connectivity index (χ2v) is 6.86. The fraction of sp³-hybridized carbons (Fsp3) is 0.444. The molecule has 2 amide bonds. The summed E-state index contributed by atoms with van der Waals surface area (Å²) in [5.41, 5.74) is 0. The number of benzene rings is 1. The summed E-state index contributed by atoms with van der Waals surface area (Å²) in [5.74, 6) is 0.415. The molecule has 0 radical (unpaired) electrons. The lowest BCUT2D eigenvalue weighted by Crippen LogP contribution is -3.11. The molecular weight excluding hydrogens is 328 g/mol. The molecule has 0 spiro atoms. The lowest BCUT2D eigenvalue weighted by Gasteiger charge is -2.20. The lowest BCUT2D eigenvalue weighted by atomic mass is 9.85. The van der Waals surface area contributed by atoms with Gasteiger partial charge < -0.3 is 9.64 Å². The van der Waals surface area contributed by atoms with E-state index >= 15 is 0 Å². The van der Waals surface area contributed by atoms with Gasteiger partial charge in [-0.2, -0.15) is 0 Å². The number of carbonyl (C=O) groups is 2. The molecule has 1 aromatic rings. The van der Waals surface area contributed by atoms with Crippen molar-refractivity contribution in [2.75, 3.05) is 26.9 Å². The molecule has 1 aliphatic heterocycles. The summed E-state index contributed by atoms with van der Waals surface area (Å²) in [6.07, 6.45) is 5.38. The van der Waals surface area contributed by atoms with E-state index in [1.807, 2.05) is 31.3 Å². The summed E-state index contributed by atoms with van der Waals surface area (Å²) >= 11 is 5.84. The first kappa shape index (κ1) is 17.0. The smallest absolute Gasteiger partial charge is 0.237 e. The van der Waals surface area contributed by atoms with Crippen LogP contribution in [0.15, 0.2) is 36.4 Å². The van der Waals surface area contributed by atoms with Crippen LogP contribution in [0.25, 0.3) is 0 Å². The van der Waals surface area contributed by atoms with E-state index in [0.29, 0.717) is 37.7 Å². The van der Waals surface area contributed by atoms with Gasteiger partial charge in [0.1, 0.15) is 18.9 Å². The molecule has 3 atom stereocenters. The van der Waals surface area contributed by atoms with E-state index in [4.69, 9.17) is 16.3 Å². The van der Waals surface area contributed by atoms with Crippen molar-refractivity contribution in [3.8, 4) is 5.75 Å². The third-order valence-electron chi connectivity index (χ3n) is 4.64. The molecule has 1 aromatic carbocycles. The number of likely N-dealkylation sites (N-methyl/N-ethyl adjacent to an activating group) is 1. The van der Waals surface area contributed by atoms with Gasteiger partial charge in [-0.05, 0) is 37.1 Å². The standard InChI is InChI=1S/C18H21ClN2O3/c1-20(10-11-24-14-8-6-13(19)7-9-14)12-21-17(22)15-4-2-3-5-16(15)18(21)23/h2-3,6-9,15-16H,4-5,10-12H2,1H3/p+1/t15-,16+. The minimum absolute atomic E-state index is 0.0210. The number of halogens is 1. The molecule has 5 nitrogen and oxygen atoms in total. The van der Waals surface area contributed by atoms with Crippen molar-refractivity contribution in [2.24, 2.45) is 11.8 Å². The van der Waals surface area contributed by atoms with Gasteiger partial charge >= 0.3 is 0 Å². The molecule has 1 heterocycles. The Kier molecular flexibility index (Phi) is 5.21. The van der Waals surface area contributed by atoms with Gasteiger partial charge in [-0.25, -0.2) is 4.90 Å². The highest BCUT2D eigenvalue weighted by molar-refractivity contribution is 6.30. The van der Waals surface area contributed by atoms with Gasteiger partial charge in [0, 0.05) is 5.02 Å². The van der Waals surface area contributed by atoms with Crippen LogP contribution in [0.1, 0.15) is 12.8 Å². The molecule has 1 saturated heterocycles. The van der Waals surface area contributed by atoms with Gasteiger partial charge in [0.2, 0.25) is 11.8 Å². The third-order valence-corrected chi connectivity index (χ3v) is 4.89. The summed E-state index contributed by atoms with van der Waals surface area (Å²) < 4.78 is 5.67. The van der Waals surface area contributed by atoms with Gasteiger partial charge in [0.05, 0.1) is 18.9 Å². The van der Waals surface area contributed by atoms with Gasteiger partial charge in [-0.15, -0.1) is 0 Å². The summed E-state index contributed by atoms with van der Waals surface area (Å²) in [5, 5.41) is 0.673. The molecule has 0 saturated carbocycles. The number of allylic oxidation sites excluding steroid dienone is 2. The van der Waals surface area contributed by atoms with E-state index in [2.05, 4.69) is 0 Å². The van der Waals surface area contributed by atoms with E-state index in [9.17, 15) is 9.59 Å². The van der Waals surface area contributed by atoms with Crippen molar-refractivity contribution < 1.29 is 19.2 Å². The van der Waals surface area contributed by atoms with Crippen LogP contribution < -0.4 is 9.64 Å². The highest BCUT2D eigenvalue weighted by atomic mass is 35.5. The number of rotatable bonds is 6. The SMILES string of the molecule is C[NH+](CCOc1ccc(Cl)cc1)CN1C(=O)[C@H]2CC=CC[C@H]2C1=O. The number of likely N-dealkylation sites (tertiary alicyclic amines) is 1. The molecule has 6 heteroatoms. The van der Waals surface area contributed by atoms with Crippen molar-refractivity contribution in [3.05, 3.63) is 41.4 Å². The molecule has 2 aliphatic rings. The van der Waals surface area contributed by atoms with Crippen molar-refractivity contribution in [3.63, 3.8) is 0 Å². The van der Waals surface area contributed by atoms with Gasteiger partial charge in [0.25, 0.3) is 0 Å². The van der Waals surface area contributed by atoms with Crippen molar-refractivity contribution >= 4 is 23.4 Å². The van der Waals surface area contributed by atoms with Crippen LogP contribution in [0, 0.1) is 11.8 Å². The summed E-state index contributed by atoms with van der Waals surface area (Å²) in [6.45, 7) is 1.61. The quantitative estimate of drug-likeness (QED) is 0.619. The molecule has 3 rings (SSSR count). The number of hydrogen-bond acceptors (Lipinski definition) is 3.